The average molecular weight is 391 g/mol. The third-order valence-corrected chi connectivity index (χ3v) is 6.15. The van der Waals surface area contributed by atoms with Crippen LogP contribution in [-0.2, 0) is 0 Å². The Morgan fingerprint density at radius 3 is 2.58 bits per heavy atom. The Bertz CT molecular complexity index is 681. The molecule has 0 fully saturated rings. The predicted octanol–water partition coefficient (Wildman–Crippen LogP) is 5.71. The van der Waals surface area contributed by atoms with Crippen molar-refractivity contribution in [3.63, 3.8) is 0 Å². The van der Waals surface area contributed by atoms with Crippen LogP contribution >= 0.6 is 23.1 Å². The molecule has 0 radical (unpaired) electrons. The largest absolute Gasteiger partial charge is 0.309 e. The molecule has 0 unspecified atom stereocenters. The lowest BCUT2D eigenvalue weighted by Crippen LogP contribution is -2.12. The van der Waals surface area contributed by atoms with Crippen molar-refractivity contribution in [1.82, 2.24) is 9.88 Å². The van der Waals surface area contributed by atoms with Crippen LogP contribution in [-0.4, -0.2) is 42.1 Å². The fourth-order valence-corrected chi connectivity index (χ4v) is 4.36. The van der Waals surface area contributed by atoms with Crippen LogP contribution in [0.15, 0.2) is 34.7 Å². The Balaban J connectivity index is 1.98. The third-order valence-electron chi connectivity index (χ3n) is 4.20. The van der Waals surface area contributed by atoms with Gasteiger partial charge in [-0.25, -0.2) is 4.98 Å². The number of thiophene rings is 1. The number of pyridine rings is 1. The quantitative estimate of drug-likeness (QED) is 0.279. The topological polar surface area (TPSA) is 33.2 Å². The summed E-state index contributed by atoms with van der Waals surface area (Å²) in [6, 6.07) is 7.78. The van der Waals surface area contributed by atoms with E-state index in [4.69, 9.17) is 4.98 Å². The van der Waals surface area contributed by atoms with E-state index in [0.29, 0.717) is 5.92 Å². The van der Waals surface area contributed by atoms with Gasteiger partial charge in [0.25, 0.3) is 0 Å². The number of thioether (sulfide) groups is 1. The number of carbonyl (C=O) groups is 1. The van der Waals surface area contributed by atoms with Crippen LogP contribution in [0.25, 0.3) is 0 Å². The molecule has 3 nitrogen and oxygen atoms in total. The number of nitrogens with zero attached hydrogens (tertiary/aromatic N) is 2. The van der Waals surface area contributed by atoms with Crippen molar-refractivity contribution < 1.29 is 4.79 Å². The average Bonchev–Trinajstić information content (AvgIpc) is 3.14. The van der Waals surface area contributed by atoms with Crippen molar-refractivity contribution in [3.05, 3.63) is 45.8 Å². The predicted molar refractivity (Wildman–Crippen MR) is 114 cm³/mol. The Labute approximate surface area is 166 Å². The molecule has 26 heavy (non-hydrogen) atoms. The second kappa shape index (κ2) is 10.9. The van der Waals surface area contributed by atoms with Gasteiger partial charge in [-0.05, 0) is 68.7 Å². The first-order chi connectivity index (χ1) is 12.5. The van der Waals surface area contributed by atoms with Crippen molar-refractivity contribution in [2.45, 2.75) is 50.5 Å². The highest BCUT2D eigenvalue weighted by Gasteiger charge is 2.17. The summed E-state index contributed by atoms with van der Waals surface area (Å²) >= 11 is 3.23. The monoisotopic (exact) mass is 390 g/mol. The molecular weight excluding hydrogens is 360 g/mol. The summed E-state index contributed by atoms with van der Waals surface area (Å²) in [7, 11) is 4.24. The Morgan fingerprint density at radius 2 is 1.92 bits per heavy atom. The molecule has 2 aromatic rings. The normalized spacial score (nSPS) is 11.5. The first-order valence-corrected chi connectivity index (χ1v) is 11.2. The minimum Gasteiger partial charge on any atom is -0.309 e. The lowest BCUT2D eigenvalue weighted by molar-refractivity contribution is 0.103. The van der Waals surface area contributed by atoms with Crippen LogP contribution in [0.3, 0.4) is 0 Å². The highest BCUT2D eigenvalue weighted by molar-refractivity contribution is 7.99. The molecule has 5 heteroatoms. The maximum atomic E-state index is 12.8. The van der Waals surface area contributed by atoms with Gasteiger partial charge < -0.3 is 4.90 Å². The van der Waals surface area contributed by atoms with Gasteiger partial charge in [-0.1, -0.05) is 32.8 Å². The van der Waals surface area contributed by atoms with Crippen molar-refractivity contribution >= 4 is 28.9 Å². The minimum absolute atomic E-state index is 0.0938. The minimum atomic E-state index is 0.0938. The first-order valence-electron chi connectivity index (χ1n) is 9.35. The van der Waals surface area contributed by atoms with Gasteiger partial charge in [0.2, 0.25) is 5.78 Å². The molecule has 2 aromatic heterocycles. The van der Waals surface area contributed by atoms with Gasteiger partial charge in [0.15, 0.2) is 0 Å². The Morgan fingerprint density at radius 1 is 1.15 bits per heavy atom. The molecule has 0 bridgehead atoms. The smallest absolute Gasteiger partial charge is 0.205 e. The molecule has 0 saturated carbocycles. The van der Waals surface area contributed by atoms with Crippen molar-refractivity contribution in [2.75, 3.05) is 26.4 Å². The molecule has 142 valence electrons. The van der Waals surface area contributed by atoms with E-state index in [9.17, 15) is 4.79 Å². The summed E-state index contributed by atoms with van der Waals surface area (Å²) in [5.74, 6) is 1.48. The molecular formula is C21H30N2OS2. The van der Waals surface area contributed by atoms with E-state index >= 15 is 0 Å². The molecule has 0 aromatic carbocycles. The van der Waals surface area contributed by atoms with E-state index in [-0.39, 0.29) is 5.78 Å². The van der Waals surface area contributed by atoms with E-state index < -0.39 is 0 Å². The zero-order chi connectivity index (χ0) is 18.9. The van der Waals surface area contributed by atoms with E-state index in [0.717, 1.165) is 39.9 Å². The number of hydrogen-bond acceptors (Lipinski definition) is 5. The molecule has 0 aliphatic heterocycles. The number of ketones is 1. The lowest BCUT2D eigenvalue weighted by Gasteiger charge is -2.12. The van der Waals surface area contributed by atoms with Gasteiger partial charge in [0.1, 0.15) is 5.03 Å². The first kappa shape index (κ1) is 21.1. The van der Waals surface area contributed by atoms with E-state index in [1.807, 2.05) is 29.6 Å². The van der Waals surface area contributed by atoms with Gasteiger partial charge in [0, 0.05) is 5.69 Å². The zero-order valence-electron chi connectivity index (χ0n) is 16.3. The van der Waals surface area contributed by atoms with E-state index in [1.54, 1.807) is 11.8 Å². The maximum Gasteiger partial charge on any atom is 0.205 e. The van der Waals surface area contributed by atoms with Gasteiger partial charge in [-0.2, -0.15) is 0 Å². The summed E-state index contributed by atoms with van der Waals surface area (Å²) in [5.41, 5.74) is 1.80. The standard InChI is InChI=1S/C21H30N2OS2/c1-16(2)18-12-11-17(20(24)19-10-9-15-25-19)21(22-18)26-14-8-6-5-7-13-23(3)4/h9-12,15-16H,5-8,13-14H2,1-4H3. The molecule has 0 aliphatic carbocycles. The molecule has 0 N–H and O–H groups in total. The number of rotatable bonds is 11. The Kier molecular flexibility index (Phi) is 8.82. The molecule has 2 rings (SSSR count). The summed E-state index contributed by atoms with van der Waals surface area (Å²) in [6.45, 7) is 5.44. The van der Waals surface area contributed by atoms with Gasteiger partial charge in [-0.15, -0.1) is 23.1 Å². The lowest BCUT2D eigenvalue weighted by atomic mass is 10.1. The van der Waals surface area contributed by atoms with Crippen LogP contribution < -0.4 is 0 Å². The molecule has 0 saturated heterocycles. The summed E-state index contributed by atoms with van der Waals surface area (Å²) in [6.07, 6.45) is 4.91. The van der Waals surface area contributed by atoms with Crippen LogP contribution in [0, 0.1) is 0 Å². The second-order valence-electron chi connectivity index (χ2n) is 7.12. The zero-order valence-corrected chi connectivity index (χ0v) is 18.0. The molecule has 0 amide bonds. The maximum absolute atomic E-state index is 12.8. The van der Waals surface area contributed by atoms with Gasteiger partial charge >= 0.3 is 0 Å². The summed E-state index contributed by atoms with van der Waals surface area (Å²) in [4.78, 5) is 20.6. The van der Waals surface area contributed by atoms with Crippen LogP contribution in [0.1, 0.15) is 66.4 Å². The number of carbonyl (C=O) groups excluding carboxylic acids is 1. The van der Waals surface area contributed by atoms with Crippen LogP contribution in [0.5, 0.6) is 0 Å². The van der Waals surface area contributed by atoms with E-state index in [1.165, 1.54) is 30.6 Å². The molecule has 0 spiro atoms. The highest BCUT2D eigenvalue weighted by Crippen LogP contribution is 2.28. The molecule has 0 aliphatic rings. The van der Waals surface area contributed by atoms with Crippen molar-refractivity contribution in [2.24, 2.45) is 0 Å². The second-order valence-corrected chi connectivity index (χ2v) is 9.15. The summed E-state index contributed by atoms with van der Waals surface area (Å²) in [5, 5.41) is 2.84. The van der Waals surface area contributed by atoms with Gasteiger partial charge in [-0.3, -0.25) is 4.79 Å². The fraction of sp³-hybridized carbons (Fsp3) is 0.524. The molecule has 0 atom stereocenters. The van der Waals surface area contributed by atoms with Crippen molar-refractivity contribution in [3.8, 4) is 0 Å². The van der Waals surface area contributed by atoms with E-state index in [2.05, 4.69) is 32.8 Å². The number of unbranched alkanes of at least 4 members (excludes halogenated alkanes) is 3. The Hall–Kier alpha value is -1.17. The third kappa shape index (κ3) is 6.53. The molecule has 2 heterocycles. The fourth-order valence-electron chi connectivity index (χ4n) is 2.65. The SMILES string of the molecule is CC(C)c1ccc(C(=O)c2cccs2)c(SCCCCCCN(C)C)n1. The highest BCUT2D eigenvalue weighted by atomic mass is 32.2. The number of aromatic nitrogens is 1. The van der Waals surface area contributed by atoms with Crippen LogP contribution in [0.4, 0.5) is 0 Å². The summed E-state index contributed by atoms with van der Waals surface area (Å²) < 4.78 is 0. The van der Waals surface area contributed by atoms with Crippen molar-refractivity contribution in [1.29, 1.82) is 0 Å². The number of hydrogen-bond donors (Lipinski definition) is 0. The van der Waals surface area contributed by atoms with Gasteiger partial charge in [0.05, 0.1) is 10.4 Å². The van der Waals surface area contributed by atoms with Crippen LogP contribution in [0.2, 0.25) is 0 Å².